The van der Waals surface area contributed by atoms with Crippen LogP contribution in [-0.4, -0.2) is 14.9 Å². The molecular formula is C13H16N2O2. The average molecular weight is 232 g/mol. The fourth-order valence-corrected chi connectivity index (χ4v) is 1.58. The van der Waals surface area contributed by atoms with Crippen LogP contribution in [0, 0.1) is 0 Å². The van der Waals surface area contributed by atoms with Gasteiger partial charge in [0.15, 0.2) is 0 Å². The molecular weight excluding hydrogens is 216 g/mol. The average Bonchev–Trinajstić information content (AvgIpc) is 2.73. The molecule has 4 heteroatoms. The standard InChI is InChI=1S/C13H16N2O2/c1-10(16)12-4-3-5-13(6-12)17-9-11-7-14-15(2)8-11/h3-8,10,16H,9H2,1-2H3/t10-/m1/s1. The molecule has 1 aromatic carbocycles. The highest BCUT2D eigenvalue weighted by Crippen LogP contribution is 2.19. The Morgan fingerprint density at radius 2 is 2.29 bits per heavy atom. The minimum Gasteiger partial charge on any atom is -0.489 e. The molecule has 0 aliphatic rings. The lowest BCUT2D eigenvalue weighted by molar-refractivity contribution is 0.198. The highest BCUT2D eigenvalue weighted by Gasteiger charge is 2.03. The monoisotopic (exact) mass is 232 g/mol. The zero-order valence-electron chi connectivity index (χ0n) is 10.00. The molecule has 1 N–H and O–H groups in total. The third kappa shape index (κ3) is 3.07. The molecule has 2 aromatic rings. The molecule has 0 bridgehead atoms. The molecule has 17 heavy (non-hydrogen) atoms. The van der Waals surface area contributed by atoms with E-state index >= 15 is 0 Å². The van der Waals surface area contributed by atoms with Crippen molar-refractivity contribution >= 4 is 0 Å². The van der Waals surface area contributed by atoms with Crippen LogP contribution in [-0.2, 0) is 13.7 Å². The number of rotatable bonds is 4. The van der Waals surface area contributed by atoms with E-state index < -0.39 is 6.10 Å². The number of aryl methyl sites for hydroxylation is 1. The van der Waals surface area contributed by atoms with Gasteiger partial charge in [0.25, 0.3) is 0 Å². The molecule has 0 aliphatic heterocycles. The number of aromatic nitrogens is 2. The molecule has 0 fully saturated rings. The van der Waals surface area contributed by atoms with E-state index in [0.29, 0.717) is 6.61 Å². The van der Waals surface area contributed by atoms with Crippen LogP contribution in [0.1, 0.15) is 24.2 Å². The Bertz CT molecular complexity index is 492. The van der Waals surface area contributed by atoms with Crippen LogP contribution in [0.15, 0.2) is 36.7 Å². The molecule has 1 atom stereocenters. The SMILES string of the molecule is C[C@@H](O)c1cccc(OCc2cnn(C)c2)c1. The van der Waals surface area contributed by atoms with Gasteiger partial charge in [-0.15, -0.1) is 0 Å². The van der Waals surface area contributed by atoms with Gasteiger partial charge in [0.05, 0.1) is 12.3 Å². The summed E-state index contributed by atoms with van der Waals surface area (Å²) in [5.41, 5.74) is 1.88. The second-order valence-electron chi connectivity index (χ2n) is 4.06. The van der Waals surface area contributed by atoms with Crippen molar-refractivity contribution in [2.75, 3.05) is 0 Å². The first kappa shape index (κ1) is 11.7. The fourth-order valence-electron chi connectivity index (χ4n) is 1.58. The summed E-state index contributed by atoms with van der Waals surface area (Å²) in [5, 5.41) is 13.5. The summed E-state index contributed by atoms with van der Waals surface area (Å²) in [4.78, 5) is 0. The van der Waals surface area contributed by atoms with Gasteiger partial charge in [0.2, 0.25) is 0 Å². The number of nitrogens with zero attached hydrogens (tertiary/aromatic N) is 2. The van der Waals surface area contributed by atoms with E-state index in [-0.39, 0.29) is 0 Å². The van der Waals surface area contributed by atoms with Gasteiger partial charge in [0, 0.05) is 18.8 Å². The number of ether oxygens (including phenoxy) is 1. The lowest BCUT2D eigenvalue weighted by Crippen LogP contribution is -1.96. The summed E-state index contributed by atoms with van der Waals surface area (Å²) >= 11 is 0. The summed E-state index contributed by atoms with van der Waals surface area (Å²) < 4.78 is 7.37. The molecule has 0 aliphatic carbocycles. The normalized spacial score (nSPS) is 12.4. The zero-order chi connectivity index (χ0) is 12.3. The van der Waals surface area contributed by atoms with Crippen LogP contribution >= 0.6 is 0 Å². The predicted molar refractivity (Wildman–Crippen MR) is 64.6 cm³/mol. The van der Waals surface area contributed by atoms with Gasteiger partial charge < -0.3 is 9.84 Å². The summed E-state index contributed by atoms with van der Waals surface area (Å²) in [7, 11) is 1.87. The fraction of sp³-hybridized carbons (Fsp3) is 0.308. The van der Waals surface area contributed by atoms with Crippen LogP contribution in [0.2, 0.25) is 0 Å². The van der Waals surface area contributed by atoms with Gasteiger partial charge in [-0.05, 0) is 24.6 Å². The van der Waals surface area contributed by atoms with Crippen molar-refractivity contribution in [1.82, 2.24) is 9.78 Å². The van der Waals surface area contributed by atoms with Gasteiger partial charge in [-0.3, -0.25) is 4.68 Å². The number of aliphatic hydroxyl groups is 1. The third-order valence-corrected chi connectivity index (χ3v) is 2.50. The van der Waals surface area contributed by atoms with Gasteiger partial charge in [0.1, 0.15) is 12.4 Å². The summed E-state index contributed by atoms with van der Waals surface area (Å²) in [6.07, 6.45) is 3.22. The second kappa shape index (κ2) is 5.01. The van der Waals surface area contributed by atoms with Crippen molar-refractivity contribution in [2.45, 2.75) is 19.6 Å². The third-order valence-electron chi connectivity index (χ3n) is 2.50. The smallest absolute Gasteiger partial charge is 0.120 e. The molecule has 1 aromatic heterocycles. The maximum Gasteiger partial charge on any atom is 0.120 e. The number of hydrogen-bond acceptors (Lipinski definition) is 3. The lowest BCUT2D eigenvalue weighted by atomic mass is 10.1. The quantitative estimate of drug-likeness (QED) is 0.877. The lowest BCUT2D eigenvalue weighted by Gasteiger charge is -2.08. The van der Waals surface area contributed by atoms with E-state index in [1.807, 2.05) is 37.5 Å². The van der Waals surface area contributed by atoms with Crippen LogP contribution < -0.4 is 4.74 Å². The van der Waals surface area contributed by atoms with Crippen LogP contribution in [0.5, 0.6) is 5.75 Å². The van der Waals surface area contributed by atoms with E-state index in [1.54, 1.807) is 17.8 Å². The first-order chi connectivity index (χ1) is 8.15. The van der Waals surface area contributed by atoms with Gasteiger partial charge in [-0.2, -0.15) is 5.10 Å². The Kier molecular flexibility index (Phi) is 3.44. The number of aliphatic hydroxyl groups excluding tert-OH is 1. The Labute approximate surface area is 100 Å². The summed E-state index contributed by atoms with van der Waals surface area (Å²) in [6.45, 7) is 2.22. The van der Waals surface area contributed by atoms with E-state index in [2.05, 4.69) is 5.10 Å². The minimum absolute atomic E-state index is 0.475. The minimum atomic E-state index is -0.475. The summed E-state index contributed by atoms with van der Waals surface area (Å²) in [5.74, 6) is 0.757. The predicted octanol–water partition coefficient (Wildman–Crippen LogP) is 2.05. The first-order valence-corrected chi connectivity index (χ1v) is 5.53. The van der Waals surface area contributed by atoms with Gasteiger partial charge in [-0.1, -0.05) is 12.1 Å². The molecule has 0 saturated heterocycles. The molecule has 1 heterocycles. The second-order valence-corrected chi connectivity index (χ2v) is 4.06. The van der Waals surface area contributed by atoms with Crippen molar-refractivity contribution in [3.63, 3.8) is 0 Å². The molecule has 4 nitrogen and oxygen atoms in total. The molecule has 0 amide bonds. The van der Waals surface area contributed by atoms with Crippen molar-refractivity contribution in [2.24, 2.45) is 7.05 Å². The number of benzene rings is 1. The van der Waals surface area contributed by atoms with Gasteiger partial charge in [-0.25, -0.2) is 0 Å². The maximum atomic E-state index is 9.47. The van der Waals surface area contributed by atoms with Crippen molar-refractivity contribution < 1.29 is 9.84 Å². The Hall–Kier alpha value is -1.81. The Balaban J connectivity index is 2.01. The maximum absolute atomic E-state index is 9.47. The molecule has 0 radical (unpaired) electrons. The van der Waals surface area contributed by atoms with E-state index in [0.717, 1.165) is 16.9 Å². The highest BCUT2D eigenvalue weighted by atomic mass is 16.5. The van der Waals surface area contributed by atoms with E-state index in [9.17, 15) is 5.11 Å². The molecule has 90 valence electrons. The van der Waals surface area contributed by atoms with E-state index in [1.165, 1.54) is 0 Å². The largest absolute Gasteiger partial charge is 0.489 e. The Morgan fingerprint density at radius 3 is 2.94 bits per heavy atom. The van der Waals surface area contributed by atoms with Crippen molar-refractivity contribution in [3.05, 3.63) is 47.8 Å². The van der Waals surface area contributed by atoms with Gasteiger partial charge >= 0.3 is 0 Å². The topological polar surface area (TPSA) is 47.3 Å². The molecule has 0 unspecified atom stereocenters. The molecule has 2 rings (SSSR count). The first-order valence-electron chi connectivity index (χ1n) is 5.53. The van der Waals surface area contributed by atoms with E-state index in [4.69, 9.17) is 4.74 Å². The van der Waals surface area contributed by atoms with Crippen molar-refractivity contribution in [1.29, 1.82) is 0 Å². The summed E-state index contributed by atoms with van der Waals surface area (Å²) in [6, 6.07) is 7.48. The van der Waals surface area contributed by atoms with Crippen molar-refractivity contribution in [3.8, 4) is 5.75 Å². The van der Waals surface area contributed by atoms with Crippen LogP contribution in [0.25, 0.3) is 0 Å². The highest BCUT2D eigenvalue weighted by molar-refractivity contribution is 5.29. The zero-order valence-corrected chi connectivity index (χ0v) is 10.00. The molecule has 0 saturated carbocycles. The number of hydrogen-bond donors (Lipinski definition) is 1. The Morgan fingerprint density at radius 1 is 1.47 bits per heavy atom. The van der Waals surface area contributed by atoms with Crippen LogP contribution in [0.3, 0.4) is 0 Å². The van der Waals surface area contributed by atoms with Crippen LogP contribution in [0.4, 0.5) is 0 Å². The molecule has 0 spiro atoms.